The quantitative estimate of drug-likeness (QED) is 0.558. The Morgan fingerprint density at radius 2 is 1.71 bits per heavy atom. The maximum Gasteiger partial charge on any atom is 0.161 e. The van der Waals surface area contributed by atoms with Crippen molar-refractivity contribution < 1.29 is 0 Å². The van der Waals surface area contributed by atoms with Crippen LogP contribution >= 0.6 is 0 Å². The first-order valence-corrected chi connectivity index (χ1v) is 9.16. The highest BCUT2D eigenvalue weighted by Gasteiger charge is 2.10. The minimum Gasteiger partial charge on any atom is -0.368 e. The van der Waals surface area contributed by atoms with Crippen LogP contribution in [0.2, 0.25) is 0 Å². The monoisotopic (exact) mass is 371 g/mol. The van der Waals surface area contributed by atoms with Crippen LogP contribution in [0.4, 0.5) is 5.82 Å². The van der Waals surface area contributed by atoms with Crippen molar-refractivity contribution in [1.82, 2.24) is 29.9 Å². The number of nitrogens with one attached hydrogen (secondary N) is 1. The lowest BCUT2D eigenvalue weighted by Gasteiger charge is -2.12. The number of hydrogen-bond donors (Lipinski definition) is 1. The number of rotatable bonds is 6. The van der Waals surface area contributed by atoms with Gasteiger partial charge in [0.15, 0.2) is 5.82 Å². The van der Waals surface area contributed by atoms with E-state index < -0.39 is 0 Å². The summed E-state index contributed by atoms with van der Waals surface area (Å²) in [5.74, 6) is 1.53. The van der Waals surface area contributed by atoms with Crippen molar-refractivity contribution in [3.63, 3.8) is 0 Å². The number of anilines is 1. The van der Waals surface area contributed by atoms with Gasteiger partial charge in [-0.2, -0.15) is 0 Å². The number of aromatic nitrogens is 6. The number of pyridine rings is 1. The lowest BCUT2D eigenvalue weighted by atomic mass is 10.2. The summed E-state index contributed by atoms with van der Waals surface area (Å²) in [6.07, 6.45) is 5.45. The average Bonchev–Trinajstić information content (AvgIpc) is 3.21. The van der Waals surface area contributed by atoms with Crippen molar-refractivity contribution in [3.8, 4) is 22.6 Å². The summed E-state index contributed by atoms with van der Waals surface area (Å²) < 4.78 is 1.84. The van der Waals surface area contributed by atoms with Gasteiger partial charge in [0.05, 0.1) is 12.7 Å². The molecular formula is C21H21N7. The van der Waals surface area contributed by atoms with Crippen molar-refractivity contribution in [3.05, 3.63) is 72.3 Å². The molecule has 4 aromatic rings. The van der Waals surface area contributed by atoms with Crippen LogP contribution in [0.3, 0.4) is 0 Å². The first kappa shape index (κ1) is 17.8. The molecule has 4 rings (SSSR count). The summed E-state index contributed by atoms with van der Waals surface area (Å²) in [5, 5.41) is 11.9. The van der Waals surface area contributed by atoms with Crippen LogP contribution < -0.4 is 5.32 Å². The maximum absolute atomic E-state index is 4.69. The Labute approximate surface area is 163 Å². The van der Waals surface area contributed by atoms with Crippen LogP contribution in [-0.4, -0.2) is 36.5 Å². The van der Waals surface area contributed by atoms with Crippen LogP contribution in [0, 0.1) is 13.8 Å². The number of hydrogen-bond acceptors (Lipinski definition) is 6. The molecule has 3 aromatic heterocycles. The third kappa shape index (κ3) is 3.88. The largest absolute Gasteiger partial charge is 0.368 e. The van der Waals surface area contributed by atoms with Gasteiger partial charge in [-0.1, -0.05) is 35.5 Å². The van der Waals surface area contributed by atoms with Gasteiger partial charge in [-0.05, 0) is 26.0 Å². The van der Waals surface area contributed by atoms with E-state index in [1.54, 1.807) is 12.4 Å². The molecule has 7 nitrogen and oxygen atoms in total. The van der Waals surface area contributed by atoms with Gasteiger partial charge in [0, 0.05) is 41.3 Å². The van der Waals surface area contributed by atoms with Gasteiger partial charge in [0.2, 0.25) is 0 Å². The normalized spacial score (nSPS) is 10.8. The fraction of sp³-hybridized carbons (Fsp3) is 0.190. The molecule has 0 saturated carbocycles. The zero-order valence-corrected chi connectivity index (χ0v) is 15.9. The standard InChI is InChI=1S/C21H21N7/c1-15-16(2)24-21(18-8-10-22-11-9-18)25-20(15)23-12-13-28-14-19(26-27-28)17-6-4-3-5-7-17/h3-11,14H,12-13H2,1-2H3,(H,23,24,25). The molecule has 0 aliphatic carbocycles. The predicted molar refractivity (Wildman–Crippen MR) is 109 cm³/mol. The Bertz CT molecular complexity index is 1060. The topological polar surface area (TPSA) is 81.4 Å². The van der Waals surface area contributed by atoms with Crippen molar-refractivity contribution >= 4 is 5.82 Å². The minimum atomic E-state index is 0.685. The van der Waals surface area contributed by atoms with Crippen LogP contribution in [0.15, 0.2) is 61.1 Å². The molecule has 140 valence electrons. The zero-order chi connectivity index (χ0) is 19.3. The van der Waals surface area contributed by atoms with E-state index in [9.17, 15) is 0 Å². The summed E-state index contributed by atoms with van der Waals surface area (Å²) in [6.45, 7) is 5.39. The minimum absolute atomic E-state index is 0.685. The fourth-order valence-electron chi connectivity index (χ4n) is 2.87. The Kier molecular flexibility index (Phi) is 5.05. The van der Waals surface area contributed by atoms with Gasteiger partial charge in [-0.15, -0.1) is 5.10 Å². The molecular weight excluding hydrogens is 350 g/mol. The molecule has 0 bridgehead atoms. The molecule has 0 fully saturated rings. The molecule has 3 heterocycles. The van der Waals surface area contributed by atoms with Crippen LogP contribution in [-0.2, 0) is 6.54 Å². The van der Waals surface area contributed by atoms with Crippen LogP contribution in [0.5, 0.6) is 0 Å². The van der Waals surface area contributed by atoms with Crippen molar-refractivity contribution in [2.45, 2.75) is 20.4 Å². The summed E-state index contributed by atoms with van der Waals surface area (Å²) in [6, 6.07) is 13.9. The van der Waals surface area contributed by atoms with E-state index >= 15 is 0 Å². The van der Waals surface area contributed by atoms with Gasteiger partial charge < -0.3 is 5.32 Å². The van der Waals surface area contributed by atoms with E-state index in [4.69, 9.17) is 4.98 Å². The van der Waals surface area contributed by atoms with Gasteiger partial charge in [0.25, 0.3) is 0 Å². The molecule has 0 radical (unpaired) electrons. The first-order valence-electron chi connectivity index (χ1n) is 9.16. The second-order valence-electron chi connectivity index (χ2n) is 6.50. The highest BCUT2D eigenvalue weighted by molar-refractivity contribution is 5.59. The molecule has 0 atom stereocenters. The van der Waals surface area contributed by atoms with E-state index in [0.29, 0.717) is 18.9 Å². The van der Waals surface area contributed by atoms with E-state index in [2.05, 4.69) is 25.6 Å². The van der Waals surface area contributed by atoms with Gasteiger partial charge >= 0.3 is 0 Å². The van der Waals surface area contributed by atoms with Crippen molar-refractivity contribution in [2.24, 2.45) is 0 Å². The Balaban J connectivity index is 1.45. The number of aryl methyl sites for hydroxylation is 1. The van der Waals surface area contributed by atoms with Gasteiger partial charge in [-0.3, -0.25) is 9.67 Å². The molecule has 1 N–H and O–H groups in total. The Morgan fingerprint density at radius 1 is 0.929 bits per heavy atom. The number of benzene rings is 1. The van der Waals surface area contributed by atoms with Crippen molar-refractivity contribution in [2.75, 3.05) is 11.9 Å². The third-order valence-electron chi connectivity index (χ3n) is 4.57. The van der Waals surface area contributed by atoms with E-state index in [0.717, 1.165) is 33.9 Å². The first-order chi connectivity index (χ1) is 13.7. The van der Waals surface area contributed by atoms with E-state index in [-0.39, 0.29) is 0 Å². The predicted octanol–water partition coefficient (Wildman–Crippen LogP) is 3.53. The molecule has 0 saturated heterocycles. The van der Waals surface area contributed by atoms with Crippen molar-refractivity contribution in [1.29, 1.82) is 0 Å². The lowest BCUT2D eigenvalue weighted by molar-refractivity contribution is 0.608. The summed E-state index contributed by atoms with van der Waals surface area (Å²) in [5.41, 5.74) is 4.88. The lowest BCUT2D eigenvalue weighted by Crippen LogP contribution is -2.14. The van der Waals surface area contributed by atoms with Crippen LogP contribution in [0.25, 0.3) is 22.6 Å². The Morgan fingerprint density at radius 3 is 2.50 bits per heavy atom. The summed E-state index contributed by atoms with van der Waals surface area (Å²) in [4.78, 5) is 13.3. The van der Waals surface area contributed by atoms with Crippen LogP contribution in [0.1, 0.15) is 11.3 Å². The molecule has 7 heteroatoms. The molecule has 0 unspecified atom stereocenters. The highest BCUT2D eigenvalue weighted by Crippen LogP contribution is 2.21. The maximum atomic E-state index is 4.69. The second-order valence-corrected chi connectivity index (χ2v) is 6.50. The highest BCUT2D eigenvalue weighted by atomic mass is 15.4. The molecule has 0 aliphatic heterocycles. The summed E-state index contributed by atoms with van der Waals surface area (Å²) in [7, 11) is 0. The fourth-order valence-corrected chi connectivity index (χ4v) is 2.87. The molecule has 28 heavy (non-hydrogen) atoms. The molecule has 0 spiro atoms. The summed E-state index contributed by atoms with van der Waals surface area (Å²) >= 11 is 0. The molecule has 0 aliphatic rings. The molecule has 0 amide bonds. The SMILES string of the molecule is Cc1nc(-c2ccncc2)nc(NCCn2cc(-c3ccccc3)nn2)c1C. The average molecular weight is 371 g/mol. The van der Waals surface area contributed by atoms with Gasteiger partial charge in [-0.25, -0.2) is 9.97 Å². The Hall–Kier alpha value is -3.61. The van der Waals surface area contributed by atoms with E-state index in [1.807, 2.05) is 67.2 Å². The van der Waals surface area contributed by atoms with Gasteiger partial charge in [0.1, 0.15) is 11.5 Å². The third-order valence-corrected chi connectivity index (χ3v) is 4.57. The second kappa shape index (κ2) is 7.96. The number of nitrogens with zero attached hydrogens (tertiary/aromatic N) is 6. The smallest absolute Gasteiger partial charge is 0.161 e. The zero-order valence-electron chi connectivity index (χ0n) is 15.9. The van der Waals surface area contributed by atoms with E-state index in [1.165, 1.54) is 0 Å². The molecule has 1 aromatic carbocycles.